The zero-order valence-corrected chi connectivity index (χ0v) is 9.93. The predicted molar refractivity (Wildman–Crippen MR) is 63.3 cm³/mol. The van der Waals surface area contributed by atoms with Crippen LogP contribution < -0.4 is 5.32 Å². The minimum atomic E-state index is 0.341. The van der Waals surface area contributed by atoms with E-state index < -0.39 is 0 Å². The molecule has 1 saturated heterocycles. The minimum Gasteiger partial charge on any atom is -0.372 e. The second kappa shape index (κ2) is 6.01. The Hall–Kier alpha value is -0.870. The fourth-order valence-corrected chi connectivity index (χ4v) is 2.12. The Bertz CT molecular complexity index is 286. The smallest absolute Gasteiger partial charge is 0.0776 e. The lowest BCUT2D eigenvalue weighted by molar-refractivity contribution is 0.0343. The molecular weight excluding hydrogens is 202 g/mol. The van der Waals surface area contributed by atoms with Crippen molar-refractivity contribution in [2.75, 3.05) is 13.1 Å². The Labute approximate surface area is 97.0 Å². The van der Waals surface area contributed by atoms with Crippen molar-refractivity contribution in [1.82, 2.24) is 15.1 Å². The van der Waals surface area contributed by atoms with Gasteiger partial charge in [0.1, 0.15) is 0 Å². The van der Waals surface area contributed by atoms with E-state index in [2.05, 4.69) is 17.3 Å². The fraction of sp³-hybridized carbons (Fsp3) is 0.750. The second-order valence-corrected chi connectivity index (χ2v) is 4.39. The van der Waals surface area contributed by atoms with E-state index in [1.807, 2.05) is 23.1 Å². The van der Waals surface area contributed by atoms with Crippen LogP contribution in [-0.4, -0.2) is 35.1 Å². The summed E-state index contributed by atoms with van der Waals surface area (Å²) in [5.74, 6) is 0. The summed E-state index contributed by atoms with van der Waals surface area (Å²) in [5.41, 5.74) is 0. The highest BCUT2D eigenvalue weighted by atomic mass is 16.5. The van der Waals surface area contributed by atoms with Gasteiger partial charge in [0.2, 0.25) is 0 Å². The number of aromatic nitrogens is 2. The van der Waals surface area contributed by atoms with Crippen molar-refractivity contribution in [3.8, 4) is 0 Å². The van der Waals surface area contributed by atoms with Crippen molar-refractivity contribution in [3.05, 3.63) is 18.5 Å². The molecule has 1 fully saturated rings. The van der Waals surface area contributed by atoms with Gasteiger partial charge in [0.25, 0.3) is 0 Å². The molecule has 1 aromatic heterocycles. The van der Waals surface area contributed by atoms with Crippen molar-refractivity contribution >= 4 is 0 Å². The summed E-state index contributed by atoms with van der Waals surface area (Å²) < 4.78 is 7.91. The lowest BCUT2D eigenvalue weighted by atomic mass is 10.2. The van der Waals surface area contributed by atoms with E-state index in [0.717, 1.165) is 26.1 Å². The van der Waals surface area contributed by atoms with Crippen molar-refractivity contribution in [2.24, 2.45) is 0 Å². The van der Waals surface area contributed by atoms with Gasteiger partial charge < -0.3 is 10.1 Å². The van der Waals surface area contributed by atoms with Crippen molar-refractivity contribution in [3.63, 3.8) is 0 Å². The summed E-state index contributed by atoms with van der Waals surface area (Å²) in [4.78, 5) is 0. The van der Waals surface area contributed by atoms with Gasteiger partial charge in [-0.1, -0.05) is 6.92 Å². The van der Waals surface area contributed by atoms with E-state index in [1.54, 1.807) is 0 Å². The largest absolute Gasteiger partial charge is 0.372 e. The van der Waals surface area contributed by atoms with E-state index in [4.69, 9.17) is 4.74 Å². The maximum absolute atomic E-state index is 5.96. The van der Waals surface area contributed by atoms with Crippen LogP contribution in [0.2, 0.25) is 0 Å². The molecule has 0 spiro atoms. The van der Waals surface area contributed by atoms with E-state index >= 15 is 0 Å². The van der Waals surface area contributed by atoms with Crippen molar-refractivity contribution < 1.29 is 4.74 Å². The monoisotopic (exact) mass is 223 g/mol. The third-order valence-corrected chi connectivity index (χ3v) is 2.94. The van der Waals surface area contributed by atoms with Crippen LogP contribution in [0.15, 0.2) is 18.5 Å². The number of nitrogens with one attached hydrogen (secondary N) is 1. The Morgan fingerprint density at radius 3 is 3.06 bits per heavy atom. The molecular formula is C12H21N3O. The zero-order chi connectivity index (χ0) is 11.2. The van der Waals surface area contributed by atoms with Crippen molar-refractivity contribution in [1.29, 1.82) is 0 Å². The Morgan fingerprint density at radius 1 is 1.44 bits per heavy atom. The molecule has 0 amide bonds. The van der Waals surface area contributed by atoms with Crippen LogP contribution in [0.4, 0.5) is 0 Å². The highest BCUT2D eigenvalue weighted by molar-refractivity contribution is 4.81. The zero-order valence-electron chi connectivity index (χ0n) is 9.93. The van der Waals surface area contributed by atoms with E-state index in [9.17, 15) is 0 Å². The number of hydrogen-bond acceptors (Lipinski definition) is 3. The molecule has 1 aliphatic heterocycles. The normalized spacial score (nSPS) is 25.1. The second-order valence-electron chi connectivity index (χ2n) is 4.39. The average molecular weight is 223 g/mol. The third kappa shape index (κ3) is 3.32. The molecule has 1 aliphatic rings. The molecule has 0 bridgehead atoms. The summed E-state index contributed by atoms with van der Waals surface area (Å²) in [6.07, 6.45) is 8.05. The van der Waals surface area contributed by atoms with Crippen LogP contribution in [0.5, 0.6) is 0 Å². The van der Waals surface area contributed by atoms with Gasteiger partial charge in [-0.05, 0) is 31.9 Å². The molecule has 0 radical (unpaired) electrons. The summed E-state index contributed by atoms with van der Waals surface area (Å²) in [6.45, 7) is 5.15. The van der Waals surface area contributed by atoms with Crippen LogP contribution in [0.3, 0.4) is 0 Å². The Kier molecular flexibility index (Phi) is 4.36. The molecule has 2 unspecified atom stereocenters. The highest BCUT2D eigenvalue weighted by Crippen LogP contribution is 2.20. The molecule has 1 N–H and O–H groups in total. The summed E-state index contributed by atoms with van der Waals surface area (Å²) >= 11 is 0. The number of ether oxygens (including phenoxy) is 1. The fourth-order valence-electron chi connectivity index (χ4n) is 2.12. The first-order chi connectivity index (χ1) is 7.88. The molecule has 1 aromatic rings. The summed E-state index contributed by atoms with van der Waals surface area (Å²) in [5, 5.41) is 7.61. The number of nitrogens with zero attached hydrogens (tertiary/aromatic N) is 2. The summed E-state index contributed by atoms with van der Waals surface area (Å²) in [6, 6.07) is 1.95. The van der Waals surface area contributed by atoms with Crippen molar-refractivity contribution in [2.45, 2.75) is 44.9 Å². The first kappa shape index (κ1) is 11.6. The molecule has 2 atom stereocenters. The van der Waals surface area contributed by atoms with Crippen LogP contribution in [-0.2, 0) is 11.3 Å². The molecule has 2 heterocycles. The van der Waals surface area contributed by atoms with Gasteiger partial charge in [-0.2, -0.15) is 5.10 Å². The molecule has 0 saturated carbocycles. The average Bonchev–Trinajstić information content (AvgIpc) is 2.91. The van der Waals surface area contributed by atoms with E-state index in [1.165, 1.54) is 12.8 Å². The first-order valence-corrected chi connectivity index (χ1v) is 6.22. The van der Waals surface area contributed by atoms with Gasteiger partial charge >= 0.3 is 0 Å². The van der Waals surface area contributed by atoms with Crippen LogP contribution in [0.1, 0.15) is 26.2 Å². The van der Waals surface area contributed by atoms with Gasteiger partial charge in [0.05, 0.1) is 18.8 Å². The maximum atomic E-state index is 5.96. The lowest BCUT2D eigenvalue weighted by Gasteiger charge is -2.14. The molecule has 0 aliphatic carbocycles. The third-order valence-electron chi connectivity index (χ3n) is 2.94. The molecule has 2 rings (SSSR count). The standard InChI is InChI=1S/C12H21N3O/c1-2-6-13-9-11-4-5-12(16-11)10-15-8-3-7-14-15/h3,7-8,11-13H,2,4-6,9-10H2,1H3. The van der Waals surface area contributed by atoms with E-state index in [0.29, 0.717) is 12.2 Å². The topological polar surface area (TPSA) is 39.1 Å². The van der Waals surface area contributed by atoms with Gasteiger partial charge in [0.15, 0.2) is 0 Å². The summed E-state index contributed by atoms with van der Waals surface area (Å²) in [7, 11) is 0. The molecule has 4 nitrogen and oxygen atoms in total. The maximum Gasteiger partial charge on any atom is 0.0776 e. The van der Waals surface area contributed by atoms with Crippen LogP contribution in [0, 0.1) is 0 Å². The SMILES string of the molecule is CCCNCC1CCC(Cn2cccn2)O1. The Morgan fingerprint density at radius 2 is 2.31 bits per heavy atom. The van der Waals surface area contributed by atoms with Crippen LogP contribution in [0.25, 0.3) is 0 Å². The Balaban J connectivity index is 1.67. The van der Waals surface area contributed by atoms with Gasteiger partial charge in [0, 0.05) is 18.9 Å². The quantitative estimate of drug-likeness (QED) is 0.742. The van der Waals surface area contributed by atoms with Crippen LogP contribution >= 0.6 is 0 Å². The first-order valence-electron chi connectivity index (χ1n) is 6.22. The highest BCUT2D eigenvalue weighted by Gasteiger charge is 2.24. The van der Waals surface area contributed by atoms with E-state index in [-0.39, 0.29) is 0 Å². The van der Waals surface area contributed by atoms with Gasteiger partial charge in [-0.25, -0.2) is 0 Å². The predicted octanol–water partition coefficient (Wildman–Crippen LogP) is 1.43. The molecule has 90 valence electrons. The molecule has 16 heavy (non-hydrogen) atoms. The molecule has 0 aromatic carbocycles. The minimum absolute atomic E-state index is 0.341. The number of rotatable bonds is 6. The van der Waals surface area contributed by atoms with Gasteiger partial charge in [-0.15, -0.1) is 0 Å². The lowest BCUT2D eigenvalue weighted by Crippen LogP contribution is -2.28. The number of hydrogen-bond donors (Lipinski definition) is 1. The molecule has 4 heteroatoms. The van der Waals surface area contributed by atoms with Gasteiger partial charge in [-0.3, -0.25) is 4.68 Å².